The average molecular weight is 278 g/mol. The molecule has 0 heterocycles. The first-order valence-corrected chi connectivity index (χ1v) is 6.06. The Balaban J connectivity index is 3.60. The molecule has 2 amide bonds. The van der Waals surface area contributed by atoms with E-state index in [4.69, 9.17) is 19.7 Å². The van der Waals surface area contributed by atoms with Crippen molar-refractivity contribution in [2.75, 3.05) is 40.1 Å². The van der Waals surface area contributed by atoms with Crippen molar-refractivity contribution >= 4 is 12.0 Å². The van der Waals surface area contributed by atoms with Crippen molar-refractivity contribution < 1.29 is 29.3 Å². The highest BCUT2D eigenvalue weighted by molar-refractivity contribution is 5.82. The van der Waals surface area contributed by atoms with E-state index >= 15 is 0 Å². The van der Waals surface area contributed by atoms with E-state index in [2.05, 4.69) is 10.6 Å². The molecule has 8 heteroatoms. The number of nitrogens with one attached hydrogen (secondary N) is 2. The van der Waals surface area contributed by atoms with E-state index in [1.165, 1.54) is 0 Å². The Morgan fingerprint density at radius 1 is 1.26 bits per heavy atom. The lowest BCUT2D eigenvalue weighted by molar-refractivity contribution is -0.139. The summed E-state index contributed by atoms with van der Waals surface area (Å²) in [7, 11) is 1.58. The lowest BCUT2D eigenvalue weighted by Crippen LogP contribution is -2.46. The maximum absolute atomic E-state index is 11.3. The standard InChI is InChI=1S/C11H22N2O6/c1-18-7-8-19-6-2-4-12-11(17)13-9(3-5-14)10(15)16/h9,14H,2-8H2,1H3,(H,15,16)(H2,12,13,17). The van der Waals surface area contributed by atoms with Gasteiger partial charge in [-0.1, -0.05) is 0 Å². The lowest BCUT2D eigenvalue weighted by atomic mass is 10.2. The third-order valence-electron chi connectivity index (χ3n) is 2.20. The largest absolute Gasteiger partial charge is 0.480 e. The van der Waals surface area contributed by atoms with Gasteiger partial charge < -0.3 is 30.3 Å². The van der Waals surface area contributed by atoms with Gasteiger partial charge in [0.15, 0.2) is 0 Å². The van der Waals surface area contributed by atoms with Crippen LogP contribution in [-0.2, 0) is 14.3 Å². The molecule has 0 spiro atoms. The summed E-state index contributed by atoms with van der Waals surface area (Å²) in [5, 5.41) is 22.2. The van der Waals surface area contributed by atoms with Crippen LogP contribution in [0.1, 0.15) is 12.8 Å². The molecule has 0 saturated heterocycles. The molecule has 0 radical (unpaired) electrons. The second kappa shape index (κ2) is 11.7. The van der Waals surface area contributed by atoms with E-state index in [1.807, 2.05) is 0 Å². The van der Waals surface area contributed by atoms with Gasteiger partial charge in [-0.2, -0.15) is 0 Å². The van der Waals surface area contributed by atoms with Crippen LogP contribution >= 0.6 is 0 Å². The van der Waals surface area contributed by atoms with E-state index in [9.17, 15) is 9.59 Å². The molecule has 0 aromatic rings. The van der Waals surface area contributed by atoms with Crippen molar-refractivity contribution in [2.45, 2.75) is 18.9 Å². The highest BCUT2D eigenvalue weighted by Crippen LogP contribution is 1.91. The van der Waals surface area contributed by atoms with Gasteiger partial charge in [0.1, 0.15) is 6.04 Å². The van der Waals surface area contributed by atoms with Gasteiger partial charge in [0, 0.05) is 33.3 Å². The number of carboxylic acid groups (broad SMARTS) is 1. The first-order chi connectivity index (χ1) is 9.11. The molecule has 0 aromatic carbocycles. The number of carbonyl (C=O) groups is 2. The predicted octanol–water partition coefficient (Wildman–Crippen LogP) is -0.826. The molecule has 0 aliphatic heterocycles. The highest BCUT2D eigenvalue weighted by atomic mass is 16.5. The average Bonchev–Trinajstić information content (AvgIpc) is 2.37. The van der Waals surface area contributed by atoms with Gasteiger partial charge in [0.2, 0.25) is 0 Å². The number of aliphatic carboxylic acids is 1. The maximum atomic E-state index is 11.3. The van der Waals surface area contributed by atoms with E-state index in [-0.39, 0.29) is 13.0 Å². The van der Waals surface area contributed by atoms with Gasteiger partial charge in [0.05, 0.1) is 13.2 Å². The second-order valence-electron chi connectivity index (χ2n) is 3.76. The fraction of sp³-hybridized carbons (Fsp3) is 0.818. The SMILES string of the molecule is COCCOCCCNC(=O)NC(CCO)C(=O)O. The zero-order valence-corrected chi connectivity index (χ0v) is 11.1. The fourth-order valence-corrected chi connectivity index (χ4v) is 1.22. The Hall–Kier alpha value is -1.38. The smallest absolute Gasteiger partial charge is 0.326 e. The fourth-order valence-electron chi connectivity index (χ4n) is 1.22. The molecule has 0 rings (SSSR count). The van der Waals surface area contributed by atoms with Crippen LogP contribution in [0.3, 0.4) is 0 Å². The molecule has 0 aromatic heterocycles. The van der Waals surface area contributed by atoms with Crippen LogP contribution in [0.2, 0.25) is 0 Å². The van der Waals surface area contributed by atoms with Crippen molar-refractivity contribution in [3.8, 4) is 0 Å². The molecule has 0 aliphatic rings. The molecule has 8 nitrogen and oxygen atoms in total. The number of hydrogen-bond acceptors (Lipinski definition) is 5. The molecule has 0 aliphatic carbocycles. The summed E-state index contributed by atoms with van der Waals surface area (Å²) in [4.78, 5) is 22.1. The number of hydrogen-bond donors (Lipinski definition) is 4. The lowest BCUT2D eigenvalue weighted by Gasteiger charge is -2.13. The number of aliphatic hydroxyl groups excluding tert-OH is 1. The van der Waals surface area contributed by atoms with E-state index in [0.717, 1.165) is 0 Å². The summed E-state index contributed by atoms with van der Waals surface area (Å²) in [5.74, 6) is -1.17. The minimum Gasteiger partial charge on any atom is -0.480 e. The molecule has 1 atom stereocenters. The molecule has 0 bridgehead atoms. The van der Waals surface area contributed by atoms with E-state index in [1.54, 1.807) is 7.11 Å². The summed E-state index contributed by atoms with van der Waals surface area (Å²) in [6.45, 7) is 1.59. The Kier molecular flexibility index (Phi) is 10.8. The predicted molar refractivity (Wildman–Crippen MR) is 67.0 cm³/mol. The first kappa shape index (κ1) is 17.6. The zero-order valence-electron chi connectivity index (χ0n) is 11.1. The van der Waals surface area contributed by atoms with Crippen LogP contribution in [0.4, 0.5) is 4.79 Å². The van der Waals surface area contributed by atoms with Crippen molar-refractivity contribution in [3.05, 3.63) is 0 Å². The summed E-state index contributed by atoms with van der Waals surface area (Å²) in [6, 6.07) is -1.65. The second-order valence-corrected chi connectivity index (χ2v) is 3.76. The molecule has 0 fully saturated rings. The Morgan fingerprint density at radius 2 is 2.00 bits per heavy atom. The van der Waals surface area contributed by atoms with E-state index in [0.29, 0.717) is 32.8 Å². The monoisotopic (exact) mass is 278 g/mol. The third-order valence-corrected chi connectivity index (χ3v) is 2.20. The van der Waals surface area contributed by atoms with Crippen LogP contribution in [0.5, 0.6) is 0 Å². The number of ether oxygens (including phenoxy) is 2. The normalized spacial score (nSPS) is 11.9. The number of methoxy groups -OCH3 is 1. The number of carboxylic acids is 1. The Bertz CT molecular complexity index is 262. The van der Waals surface area contributed by atoms with Gasteiger partial charge in [-0.25, -0.2) is 9.59 Å². The topological polar surface area (TPSA) is 117 Å². The van der Waals surface area contributed by atoms with Gasteiger partial charge in [-0.05, 0) is 6.42 Å². The third kappa shape index (κ3) is 10.2. The maximum Gasteiger partial charge on any atom is 0.326 e. The quantitative estimate of drug-likeness (QED) is 0.367. The molecule has 4 N–H and O–H groups in total. The number of amides is 2. The summed E-state index contributed by atoms with van der Waals surface area (Å²) in [6.07, 6.45) is 0.595. The highest BCUT2D eigenvalue weighted by Gasteiger charge is 2.18. The molecule has 0 saturated carbocycles. The Labute approximate surface area is 112 Å². The van der Waals surface area contributed by atoms with Gasteiger partial charge in [0.25, 0.3) is 0 Å². The molecule has 112 valence electrons. The minimum absolute atomic E-state index is 0.0249. The summed E-state index contributed by atoms with van der Waals surface area (Å²) < 4.78 is 9.98. The summed E-state index contributed by atoms with van der Waals surface area (Å²) >= 11 is 0. The van der Waals surface area contributed by atoms with Crippen LogP contribution in [0.25, 0.3) is 0 Å². The molecular weight excluding hydrogens is 256 g/mol. The molecule has 19 heavy (non-hydrogen) atoms. The number of rotatable bonds is 11. The van der Waals surface area contributed by atoms with E-state index < -0.39 is 18.0 Å². The number of urea groups is 1. The van der Waals surface area contributed by atoms with Crippen molar-refractivity contribution in [2.24, 2.45) is 0 Å². The van der Waals surface area contributed by atoms with Gasteiger partial charge in [-0.15, -0.1) is 0 Å². The zero-order chi connectivity index (χ0) is 14.5. The van der Waals surface area contributed by atoms with Crippen molar-refractivity contribution in [1.29, 1.82) is 0 Å². The van der Waals surface area contributed by atoms with Crippen LogP contribution in [-0.4, -0.2) is 68.3 Å². The molecular formula is C11H22N2O6. The van der Waals surface area contributed by atoms with Crippen LogP contribution in [0, 0.1) is 0 Å². The van der Waals surface area contributed by atoms with Crippen LogP contribution < -0.4 is 10.6 Å². The number of aliphatic hydroxyl groups is 1. The van der Waals surface area contributed by atoms with Gasteiger partial charge >= 0.3 is 12.0 Å². The van der Waals surface area contributed by atoms with Crippen molar-refractivity contribution in [3.63, 3.8) is 0 Å². The minimum atomic E-state index is -1.17. The van der Waals surface area contributed by atoms with Gasteiger partial charge in [-0.3, -0.25) is 0 Å². The first-order valence-electron chi connectivity index (χ1n) is 6.06. The van der Waals surface area contributed by atoms with Crippen molar-refractivity contribution in [1.82, 2.24) is 10.6 Å². The number of carbonyl (C=O) groups excluding carboxylic acids is 1. The van der Waals surface area contributed by atoms with Crippen LogP contribution in [0.15, 0.2) is 0 Å². The summed E-state index contributed by atoms with van der Waals surface area (Å²) in [5.41, 5.74) is 0. The Morgan fingerprint density at radius 3 is 2.58 bits per heavy atom. The molecule has 1 unspecified atom stereocenters.